The van der Waals surface area contributed by atoms with Gasteiger partial charge in [0.25, 0.3) is 0 Å². The lowest BCUT2D eigenvalue weighted by atomic mass is 10.1. The molecule has 0 saturated heterocycles. The van der Waals surface area contributed by atoms with Crippen molar-refractivity contribution in [3.05, 3.63) is 65.5 Å². The Morgan fingerprint density at radius 3 is 2.80 bits per heavy atom. The van der Waals surface area contributed by atoms with Crippen LogP contribution in [-0.2, 0) is 16.0 Å². The number of anilines is 1. The number of rotatable bonds is 5. The maximum absolute atomic E-state index is 13.2. The van der Waals surface area contributed by atoms with Crippen molar-refractivity contribution >= 4 is 17.5 Å². The third kappa shape index (κ3) is 4.03. The number of halogens is 1. The number of aliphatic hydroxyl groups is 1. The highest BCUT2D eigenvalue weighted by atomic mass is 19.1. The molecule has 1 atom stereocenters. The zero-order valence-corrected chi connectivity index (χ0v) is 13.6. The first-order valence-corrected chi connectivity index (χ1v) is 8.13. The third-order valence-electron chi connectivity index (χ3n) is 4.24. The summed E-state index contributed by atoms with van der Waals surface area (Å²) in [6.45, 7) is 0.461. The highest BCUT2D eigenvalue weighted by molar-refractivity contribution is 5.98. The summed E-state index contributed by atoms with van der Waals surface area (Å²) >= 11 is 0. The average molecular weight is 342 g/mol. The second-order valence-electron chi connectivity index (χ2n) is 5.98. The molecule has 2 amide bonds. The maximum Gasteiger partial charge on any atom is 0.246 e. The van der Waals surface area contributed by atoms with Gasteiger partial charge in [-0.3, -0.25) is 9.59 Å². The van der Waals surface area contributed by atoms with Gasteiger partial charge < -0.3 is 15.3 Å². The maximum atomic E-state index is 13.2. The Kier molecular flexibility index (Phi) is 5.09. The molecule has 0 bridgehead atoms. The summed E-state index contributed by atoms with van der Waals surface area (Å²) in [4.78, 5) is 25.9. The summed E-state index contributed by atoms with van der Waals surface area (Å²) in [6, 6.07) is 13.1. The first-order chi connectivity index (χ1) is 12.0. The molecule has 1 aliphatic heterocycles. The highest BCUT2D eigenvalue weighted by Gasteiger charge is 2.24. The van der Waals surface area contributed by atoms with Crippen LogP contribution in [0.1, 0.15) is 23.7 Å². The van der Waals surface area contributed by atoms with Crippen molar-refractivity contribution in [3.63, 3.8) is 0 Å². The molecule has 25 heavy (non-hydrogen) atoms. The summed E-state index contributed by atoms with van der Waals surface area (Å²) in [5.41, 5.74) is 2.32. The number of hydrogen-bond donors (Lipinski definition) is 2. The minimum absolute atomic E-state index is 0.136. The Morgan fingerprint density at radius 1 is 1.20 bits per heavy atom. The fourth-order valence-electron chi connectivity index (χ4n) is 2.95. The van der Waals surface area contributed by atoms with Gasteiger partial charge >= 0.3 is 0 Å². The van der Waals surface area contributed by atoms with Crippen LogP contribution in [0.2, 0.25) is 0 Å². The van der Waals surface area contributed by atoms with E-state index in [1.807, 2.05) is 24.3 Å². The molecular weight excluding hydrogens is 323 g/mol. The Morgan fingerprint density at radius 2 is 2.00 bits per heavy atom. The number of carbonyl (C=O) groups excluding carboxylic acids is 2. The number of fused-ring (bicyclic) bond motifs is 1. The number of nitrogens with zero attached hydrogens (tertiary/aromatic N) is 1. The molecule has 0 fully saturated rings. The second-order valence-corrected chi connectivity index (χ2v) is 5.98. The van der Waals surface area contributed by atoms with Crippen LogP contribution in [0.25, 0.3) is 0 Å². The Balaban J connectivity index is 1.52. The molecule has 130 valence electrons. The first-order valence-electron chi connectivity index (χ1n) is 8.13. The lowest BCUT2D eigenvalue weighted by molar-refractivity contribution is -0.126. The summed E-state index contributed by atoms with van der Waals surface area (Å²) in [6.07, 6.45) is -0.542. The summed E-state index contributed by atoms with van der Waals surface area (Å²) in [5.74, 6) is -1.13. The molecule has 0 radical (unpaired) electrons. The third-order valence-corrected chi connectivity index (χ3v) is 4.24. The number of aliphatic hydroxyl groups excluding tert-OH is 1. The van der Waals surface area contributed by atoms with E-state index in [9.17, 15) is 19.1 Å². The Labute approximate surface area is 145 Å². The van der Waals surface area contributed by atoms with Gasteiger partial charge in [0.2, 0.25) is 11.8 Å². The number of benzene rings is 2. The SMILES string of the molecule is O=C(CC(O)c1cccc(F)c1)NCC(=O)N1CCc2ccccc21. The summed E-state index contributed by atoms with van der Waals surface area (Å²) in [5, 5.41) is 12.5. The molecule has 5 nitrogen and oxygen atoms in total. The quantitative estimate of drug-likeness (QED) is 0.873. The zero-order chi connectivity index (χ0) is 17.8. The highest BCUT2D eigenvalue weighted by Crippen LogP contribution is 2.27. The number of carbonyl (C=O) groups is 2. The second kappa shape index (κ2) is 7.44. The molecule has 0 aliphatic carbocycles. The topological polar surface area (TPSA) is 69.6 Å². The van der Waals surface area contributed by atoms with Gasteiger partial charge in [0.05, 0.1) is 19.1 Å². The fourth-order valence-corrected chi connectivity index (χ4v) is 2.95. The predicted molar refractivity (Wildman–Crippen MR) is 91.5 cm³/mol. The van der Waals surface area contributed by atoms with Gasteiger partial charge in [0.1, 0.15) is 5.82 Å². The summed E-state index contributed by atoms with van der Waals surface area (Å²) < 4.78 is 13.2. The molecule has 0 aromatic heterocycles. The van der Waals surface area contributed by atoms with E-state index in [2.05, 4.69) is 5.32 Å². The van der Waals surface area contributed by atoms with E-state index in [1.54, 1.807) is 11.0 Å². The van der Waals surface area contributed by atoms with E-state index in [4.69, 9.17) is 0 Å². The molecule has 6 heteroatoms. The van der Waals surface area contributed by atoms with E-state index >= 15 is 0 Å². The molecule has 1 heterocycles. The van der Waals surface area contributed by atoms with Crippen LogP contribution in [0.3, 0.4) is 0 Å². The molecule has 0 saturated carbocycles. The minimum Gasteiger partial charge on any atom is -0.388 e. The summed E-state index contributed by atoms with van der Waals surface area (Å²) in [7, 11) is 0. The first kappa shape index (κ1) is 17.1. The van der Waals surface area contributed by atoms with Crippen molar-refractivity contribution in [2.45, 2.75) is 18.9 Å². The lowest BCUT2D eigenvalue weighted by Crippen LogP contribution is -2.39. The fraction of sp³-hybridized carbons (Fsp3) is 0.263. The normalized spacial score (nSPS) is 14.1. The van der Waals surface area contributed by atoms with E-state index < -0.39 is 17.8 Å². The van der Waals surface area contributed by atoms with Crippen LogP contribution in [0, 0.1) is 5.82 Å². The van der Waals surface area contributed by atoms with Crippen LogP contribution >= 0.6 is 0 Å². The molecule has 0 spiro atoms. The number of para-hydroxylation sites is 1. The van der Waals surface area contributed by atoms with E-state index in [0.29, 0.717) is 12.1 Å². The van der Waals surface area contributed by atoms with E-state index in [-0.39, 0.29) is 18.9 Å². The van der Waals surface area contributed by atoms with Crippen LogP contribution in [0.5, 0.6) is 0 Å². The monoisotopic (exact) mass is 342 g/mol. The van der Waals surface area contributed by atoms with Gasteiger partial charge in [0.15, 0.2) is 0 Å². The van der Waals surface area contributed by atoms with Crippen molar-refractivity contribution in [1.29, 1.82) is 0 Å². The molecule has 1 unspecified atom stereocenters. The van der Waals surface area contributed by atoms with E-state index in [0.717, 1.165) is 17.7 Å². The number of amides is 2. The van der Waals surface area contributed by atoms with Crippen LogP contribution in [-0.4, -0.2) is 30.0 Å². The van der Waals surface area contributed by atoms with Gasteiger partial charge in [-0.05, 0) is 35.7 Å². The number of nitrogens with one attached hydrogen (secondary N) is 1. The largest absolute Gasteiger partial charge is 0.388 e. The molecule has 2 N–H and O–H groups in total. The number of hydrogen-bond acceptors (Lipinski definition) is 3. The van der Waals surface area contributed by atoms with Gasteiger partial charge in [-0.1, -0.05) is 30.3 Å². The van der Waals surface area contributed by atoms with E-state index in [1.165, 1.54) is 18.2 Å². The molecule has 2 aromatic rings. The van der Waals surface area contributed by atoms with Gasteiger partial charge in [-0.2, -0.15) is 0 Å². The van der Waals surface area contributed by atoms with Crippen molar-refractivity contribution in [1.82, 2.24) is 5.32 Å². The Bertz CT molecular complexity index is 794. The van der Waals surface area contributed by atoms with Crippen LogP contribution in [0.4, 0.5) is 10.1 Å². The molecular formula is C19H19FN2O3. The van der Waals surface area contributed by atoms with Gasteiger partial charge in [-0.15, -0.1) is 0 Å². The lowest BCUT2D eigenvalue weighted by Gasteiger charge is -2.18. The van der Waals surface area contributed by atoms with Crippen molar-refractivity contribution in [2.75, 3.05) is 18.0 Å². The van der Waals surface area contributed by atoms with Crippen molar-refractivity contribution < 1.29 is 19.1 Å². The van der Waals surface area contributed by atoms with Crippen LogP contribution in [0.15, 0.2) is 48.5 Å². The molecule has 1 aliphatic rings. The average Bonchev–Trinajstić information content (AvgIpc) is 3.04. The van der Waals surface area contributed by atoms with Crippen LogP contribution < -0.4 is 10.2 Å². The standard InChI is InChI=1S/C19H19FN2O3/c20-15-6-3-5-14(10-15)17(23)11-18(24)21-12-19(25)22-9-8-13-4-1-2-7-16(13)22/h1-7,10,17,23H,8-9,11-12H2,(H,21,24). The predicted octanol–water partition coefficient (Wildman–Crippen LogP) is 1.95. The van der Waals surface area contributed by atoms with Gasteiger partial charge in [0, 0.05) is 12.2 Å². The minimum atomic E-state index is -1.11. The molecule has 2 aromatic carbocycles. The molecule has 3 rings (SSSR count). The zero-order valence-electron chi connectivity index (χ0n) is 13.6. The smallest absolute Gasteiger partial charge is 0.246 e. The van der Waals surface area contributed by atoms with Crippen molar-refractivity contribution in [3.8, 4) is 0 Å². The Hall–Kier alpha value is -2.73. The van der Waals surface area contributed by atoms with Crippen molar-refractivity contribution in [2.24, 2.45) is 0 Å². The van der Waals surface area contributed by atoms with Gasteiger partial charge in [-0.25, -0.2) is 4.39 Å².